The smallest absolute Gasteiger partial charge is 0.346 e. The molecule has 2 aromatic rings. The molecule has 0 saturated carbocycles. The SMILES string of the molecule is O=C1c2c(n([O-])c3ccccc3[n+]2=O)CCN1CCN1CCCCC1. The van der Waals surface area contributed by atoms with Crippen LogP contribution in [-0.2, 0) is 6.42 Å². The van der Waals surface area contributed by atoms with Crippen LogP contribution in [0.3, 0.4) is 0 Å². The van der Waals surface area contributed by atoms with E-state index in [0.717, 1.165) is 24.4 Å². The predicted molar refractivity (Wildman–Crippen MR) is 94.0 cm³/mol. The van der Waals surface area contributed by atoms with E-state index in [0.29, 0.717) is 29.5 Å². The van der Waals surface area contributed by atoms with Gasteiger partial charge in [0.25, 0.3) is 5.52 Å². The molecular weight excluding hydrogens is 320 g/mol. The fourth-order valence-corrected chi connectivity index (χ4v) is 3.87. The van der Waals surface area contributed by atoms with Crippen LogP contribution in [-0.4, -0.2) is 53.2 Å². The van der Waals surface area contributed by atoms with Gasteiger partial charge in [0, 0.05) is 37.0 Å². The zero-order valence-electron chi connectivity index (χ0n) is 14.2. The molecule has 0 spiro atoms. The van der Waals surface area contributed by atoms with Crippen molar-refractivity contribution in [2.75, 3.05) is 32.7 Å². The minimum absolute atomic E-state index is 0.0152. The number of para-hydroxylation sites is 2. The van der Waals surface area contributed by atoms with E-state index in [1.165, 1.54) is 19.3 Å². The Balaban J connectivity index is 1.62. The fourth-order valence-electron chi connectivity index (χ4n) is 3.87. The first-order chi connectivity index (χ1) is 12.2. The summed E-state index contributed by atoms with van der Waals surface area (Å²) in [5.74, 6) is -0.330. The standard InChI is InChI=1S/C18H22N4O3/c23-18-17-16(21(24)14-6-2-3-7-15(14)22(17)25)8-11-20(18)13-12-19-9-4-1-5-10-19/h2-3,6-7H,1,4-5,8-13H2. The number of hydrogen-bond acceptors (Lipinski definition) is 4. The third kappa shape index (κ3) is 2.78. The summed E-state index contributed by atoms with van der Waals surface area (Å²) in [7, 11) is 0. The van der Waals surface area contributed by atoms with Gasteiger partial charge in [-0.2, -0.15) is 0 Å². The number of carbonyl (C=O) groups is 1. The van der Waals surface area contributed by atoms with Gasteiger partial charge in [0.2, 0.25) is 0 Å². The second kappa shape index (κ2) is 6.48. The molecule has 0 N–H and O–H groups in total. The van der Waals surface area contributed by atoms with Crippen LogP contribution >= 0.6 is 0 Å². The van der Waals surface area contributed by atoms with Gasteiger partial charge in [-0.25, -0.2) is 0 Å². The Kier molecular flexibility index (Phi) is 4.17. The van der Waals surface area contributed by atoms with Crippen molar-refractivity contribution >= 4 is 16.9 Å². The maximum atomic E-state index is 12.8. The third-order valence-corrected chi connectivity index (χ3v) is 5.28. The minimum Gasteiger partial charge on any atom is -0.805 e. The van der Waals surface area contributed by atoms with Crippen molar-refractivity contribution < 1.29 is 9.22 Å². The molecule has 0 bridgehead atoms. The molecule has 132 valence electrons. The van der Waals surface area contributed by atoms with Crippen molar-refractivity contribution in [2.45, 2.75) is 25.7 Å². The number of rotatable bonds is 3. The number of hydrogen-bond donors (Lipinski definition) is 0. The van der Waals surface area contributed by atoms with Crippen LogP contribution < -0.4 is 4.43 Å². The van der Waals surface area contributed by atoms with Crippen LogP contribution in [0.15, 0.2) is 24.3 Å². The highest BCUT2D eigenvalue weighted by Gasteiger charge is 2.36. The maximum Gasteiger partial charge on any atom is 0.346 e. The predicted octanol–water partition coefficient (Wildman–Crippen LogP) is 1.39. The Hall–Kier alpha value is -2.41. The van der Waals surface area contributed by atoms with Crippen LogP contribution in [0.4, 0.5) is 0 Å². The monoisotopic (exact) mass is 342 g/mol. The van der Waals surface area contributed by atoms with E-state index in [4.69, 9.17) is 0 Å². The van der Waals surface area contributed by atoms with Gasteiger partial charge >= 0.3 is 11.6 Å². The topological polar surface area (TPSA) is 74.5 Å². The number of benzene rings is 1. The molecule has 4 rings (SSSR count). The molecule has 0 unspecified atom stereocenters. The molecule has 2 aliphatic rings. The highest BCUT2D eigenvalue weighted by Crippen LogP contribution is 2.20. The molecule has 1 aromatic heterocycles. The van der Waals surface area contributed by atoms with Crippen molar-refractivity contribution in [2.24, 2.45) is 0 Å². The normalized spacial score (nSPS) is 18.6. The van der Waals surface area contributed by atoms with Crippen LogP contribution in [0.5, 0.6) is 0 Å². The van der Waals surface area contributed by atoms with E-state index in [1.807, 2.05) is 0 Å². The largest absolute Gasteiger partial charge is 0.805 e. The lowest BCUT2D eigenvalue weighted by Crippen LogP contribution is -2.48. The Labute approximate surface area is 145 Å². The Morgan fingerprint density at radius 3 is 2.60 bits per heavy atom. The third-order valence-electron chi connectivity index (χ3n) is 5.28. The summed E-state index contributed by atoms with van der Waals surface area (Å²) in [6.07, 6.45) is 4.11. The van der Waals surface area contributed by atoms with Gasteiger partial charge in [-0.3, -0.25) is 4.79 Å². The molecule has 1 saturated heterocycles. The molecule has 1 amide bonds. The van der Waals surface area contributed by atoms with E-state index in [-0.39, 0.29) is 22.8 Å². The molecule has 3 heterocycles. The number of piperidine rings is 1. The van der Waals surface area contributed by atoms with Gasteiger partial charge in [-0.1, -0.05) is 18.6 Å². The van der Waals surface area contributed by atoms with Gasteiger partial charge in [-0.05, 0) is 32.0 Å². The molecule has 2 aliphatic heterocycles. The molecule has 1 fully saturated rings. The molecule has 7 heteroatoms. The van der Waals surface area contributed by atoms with Crippen LogP contribution in [0, 0.1) is 10.1 Å². The van der Waals surface area contributed by atoms with Gasteiger partial charge in [0.05, 0.1) is 10.1 Å². The first-order valence-corrected chi connectivity index (χ1v) is 8.95. The van der Waals surface area contributed by atoms with Crippen molar-refractivity contribution in [1.82, 2.24) is 14.5 Å². The lowest BCUT2D eigenvalue weighted by Gasteiger charge is -2.32. The maximum absolute atomic E-state index is 12.8. The number of aromatic nitrogens is 2. The summed E-state index contributed by atoms with van der Waals surface area (Å²) in [5, 5.41) is 12.6. The molecule has 7 nitrogen and oxygen atoms in total. The first kappa shape index (κ1) is 16.1. The van der Waals surface area contributed by atoms with Crippen molar-refractivity contribution in [1.29, 1.82) is 0 Å². The molecular formula is C18H22N4O3. The summed E-state index contributed by atoms with van der Waals surface area (Å²) in [4.78, 5) is 29.6. The lowest BCUT2D eigenvalue weighted by molar-refractivity contribution is -0.469. The molecule has 0 atom stereocenters. The highest BCUT2D eigenvalue weighted by molar-refractivity contribution is 5.94. The van der Waals surface area contributed by atoms with Gasteiger partial charge in [-0.15, -0.1) is 0 Å². The number of nitrogens with zero attached hydrogens (tertiary/aromatic N) is 4. The summed E-state index contributed by atoms with van der Waals surface area (Å²) < 4.78 is 1.38. The van der Waals surface area contributed by atoms with E-state index in [9.17, 15) is 14.9 Å². The van der Waals surface area contributed by atoms with Crippen molar-refractivity contribution in [3.8, 4) is 0 Å². The van der Waals surface area contributed by atoms with Crippen LogP contribution in [0.2, 0.25) is 0 Å². The molecule has 1 aromatic carbocycles. The first-order valence-electron chi connectivity index (χ1n) is 8.95. The minimum atomic E-state index is -0.330. The Morgan fingerprint density at radius 1 is 1.04 bits per heavy atom. The molecule has 25 heavy (non-hydrogen) atoms. The summed E-state index contributed by atoms with van der Waals surface area (Å²) in [6, 6.07) is 6.62. The summed E-state index contributed by atoms with van der Waals surface area (Å²) in [5.41, 5.74) is 0.819. The number of likely N-dealkylation sites (tertiary alicyclic amines) is 1. The van der Waals surface area contributed by atoms with Gasteiger partial charge in [0.15, 0.2) is 0 Å². The summed E-state index contributed by atoms with van der Waals surface area (Å²) >= 11 is 0. The molecule has 0 radical (unpaired) electrons. The molecule has 0 aliphatic carbocycles. The quantitative estimate of drug-likeness (QED) is 0.790. The Morgan fingerprint density at radius 2 is 1.80 bits per heavy atom. The average molecular weight is 342 g/mol. The number of amides is 1. The van der Waals surface area contributed by atoms with E-state index < -0.39 is 0 Å². The van der Waals surface area contributed by atoms with Crippen molar-refractivity contribution in [3.05, 3.63) is 45.8 Å². The zero-order valence-corrected chi connectivity index (χ0v) is 14.2. The second-order valence-electron chi connectivity index (χ2n) is 6.82. The van der Waals surface area contributed by atoms with E-state index in [2.05, 4.69) is 4.90 Å². The fraction of sp³-hybridized carbons (Fsp3) is 0.500. The lowest BCUT2D eigenvalue weighted by atomic mass is 10.1. The van der Waals surface area contributed by atoms with E-state index >= 15 is 0 Å². The zero-order chi connectivity index (χ0) is 17.4. The second-order valence-corrected chi connectivity index (χ2v) is 6.82. The average Bonchev–Trinajstić information content (AvgIpc) is 2.66. The van der Waals surface area contributed by atoms with Crippen LogP contribution in [0.25, 0.3) is 11.0 Å². The number of fused-ring (bicyclic) bond motifs is 2. The number of carbonyl (C=O) groups excluding carboxylic acids is 1. The van der Waals surface area contributed by atoms with Crippen molar-refractivity contribution in [3.63, 3.8) is 0 Å². The van der Waals surface area contributed by atoms with Crippen LogP contribution in [0.1, 0.15) is 35.4 Å². The Bertz CT molecular complexity index is 870. The van der Waals surface area contributed by atoms with Gasteiger partial charge < -0.3 is 19.7 Å². The summed E-state index contributed by atoms with van der Waals surface area (Å²) in [6.45, 7) is 4.06. The van der Waals surface area contributed by atoms with E-state index in [1.54, 1.807) is 29.2 Å². The van der Waals surface area contributed by atoms with Gasteiger partial charge in [0.1, 0.15) is 5.52 Å². The highest BCUT2D eigenvalue weighted by atomic mass is 16.5.